The lowest BCUT2D eigenvalue weighted by Gasteiger charge is -2.14. The van der Waals surface area contributed by atoms with E-state index in [2.05, 4.69) is 15.6 Å². The van der Waals surface area contributed by atoms with Gasteiger partial charge in [-0.15, -0.1) is 24.0 Å². The highest BCUT2D eigenvalue weighted by molar-refractivity contribution is 14.0. The Hall–Kier alpha value is -1.84. The average molecular weight is 476 g/mol. The van der Waals surface area contributed by atoms with Crippen molar-refractivity contribution in [3.8, 4) is 0 Å². The molecule has 0 aliphatic carbocycles. The molecule has 1 aromatic rings. The van der Waals surface area contributed by atoms with Crippen LogP contribution in [0.25, 0.3) is 0 Å². The van der Waals surface area contributed by atoms with Gasteiger partial charge >= 0.3 is 5.97 Å². The summed E-state index contributed by atoms with van der Waals surface area (Å²) in [7, 11) is 4.83. The third-order valence-corrected chi connectivity index (χ3v) is 3.55. The minimum Gasteiger partial charge on any atom is -0.469 e. The van der Waals surface area contributed by atoms with E-state index in [1.165, 1.54) is 7.11 Å². The summed E-state index contributed by atoms with van der Waals surface area (Å²) >= 11 is 0. The van der Waals surface area contributed by atoms with Crippen LogP contribution in [0.5, 0.6) is 0 Å². The normalized spacial score (nSPS) is 11.8. The topological polar surface area (TPSA) is 83.0 Å². The molecule has 1 amide bonds. The number of methoxy groups -OCH3 is 1. The molecule has 26 heavy (non-hydrogen) atoms. The molecule has 8 heteroatoms. The van der Waals surface area contributed by atoms with E-state index in [0.717, 1.165) is 5.56 Å². The highest BCUT2D eigenvalue weighted by Gasteiger charge is 2.13. The summed E-state index contributed by atoms with van der Waals surface area (Å²) in [6, 6.07) is 7.38. The number of carbonyl (C=O) groups is 2. The Balaban J connectivity index is 0.00000625. The molecule has 2 N–H and O–H groups in total. The zero-order valence-corrected chi connectivity index (χ0v) is 18.4. The summed E-state index contributed by atoms with van der Waals surface area (Å²) in [6.07, 6.45) is 0. The number of hydrogen-bond donors (Lipinski definition) is 2. The fourth-order valence-corrected chi connectivity index (χ4v) is 2.06. The summed E-state index contributed by atoms with van der Waals surface area (Å²) in [6.45, 7) is 5.40. The van der Waals surface area contributed by atoms with Gasteiger partial charge in [-0.25, -0.2) is 4.99 Å². The van der Waals surface area contributed by atoms with E-state index in [9.17, 15) is 9.59 Å². The highest BCUT2D eigenvalue weighted by atomic mass is 127. The van der Waals surface area contributed by atoms with Crippen LogP contribution >= 0.6 is 24.0 Å². The Bertz CT molecular complexity index is 603. The molecule has 0 spiro atoms. The number of aliphatic imine (C=N–C) groups is 1. The van der Waals surface area contributed by atoms with Gasteiger partial charge in [-0.1, -0.05) is 19.1 Å². The molecule has 7 nitrogen and oxygen atoms in total. The van der Waals surface area contributed by atoms with Crippen molar-refractivity contribution in [1.82, 2.24) is 15.5 Å². The molecule has 0 saturated heterocycles. The fraction of sp³-hybridized carbons (Fsp3) is 0.500. The number of amides is 1. The van der Waals surface area contributed by atoms with Crippen molar-refractivity contribution in [2.24, 2.45) is 10.9 Å². The molecular formula is C18H29IN4O3. The molecule has 1 rings (SSSR count). The van der Waals surface area contributed by atoms with Crippen LogP contribution in [-0.4, -0.2) is 57.0 Å². The van der Waals surface area contributed by atoms with Gasteiger partial charge < -0.3 is 20.3 Å². The summed E-state index contributed by atoms with van der Waals surface area (Å²) in [5.74, 6) is 0.0863. The number of hydrogen-bond acceptors (Lipinski definition) is 4. The van der Waals surface area contributed by atoms with Gasteiger partial charge in [-0.3, -0.25) is 9.59 Å². The van der Waals surface area contributed by atoms with Crippen molar-refractivity contribution < 1.29 is 14.3 Å². The quantitative estimate of drug-likeness (QED) is 0.272. The molecule has 1 atom stereocenters. The first-order valence-corrected chi connectivity index (χ1v) is 8.29. The molecule has 0 heterocycles. The van der Waals surface area contributed by atoms with Crippen LogP contribution in [0, 0.1) is 5.92 Å². The zero-order valence-electron chi connectivity index (χ0n) is 16.0. The largest absolute Gasteiger partial charge is 0.469 e. The number of esters is 1. The van der Waals surface area contributed by atoms with Gasteiger partial charge in [0.1, 0.15) is 0 Å². The van der Waals surface area contributed by atoms with Crippen LogP contribution in [0.1, 0.15) is 29.8 Å². The predicted octanol–water partition coefficient (Wildman–Crippen LogP) is 1.87. The van der Waals surface area contributed by atoms with Gasteiger partial charge in [0.15, 0.2) is 5.96 Å². The van der Waals surface area contributed by atoms with Crippen molar-refractivity contribution in [2.75, 3.05) is 34.3 Å². The van der Waals surface area contributed by atoms with Crippen molar-refractivity contribution in [1.29, 1.82) is 0 Å². The van der Waals surface area contributed by atoms with Gasteiger partial charge in [0.05, 0.1) is 19.6 Å². The summed E-state index contributed by atoms with van der Waals surface area (Å²) in [5.41, 5.74) is 1.64. The van der Waals surface area contributed by atoms with Gasteiger partial charge in [0.25, 0.3) is 5.91 Å². The molecule has 0 fully saturated rings. The monoisotopic (exact) mass is 476 g/mol. The van der Waals surface area contributed by atoms with E-state index in [0.29, 0.717) is 31.2 Å². The number of nitrogens with one attached hydrogen (secondary N) is 2. The van der Waals surface area contributed by atoms with Crippen LogP contribution in [-0.2, 0) is 16.1 Å². The molecule has 0 aliphatic rings. The Kier molecular flexibility index (Phi) is 11.6. The Labute approximate surface area is 172 Å². The van der Waals surface area contributed by atoms with Crippen molar-refractivity contribution in [2.45, 2.75) is 20.4 Å². The summed E-state index contributed by atoms with van der Waals surface area (Å²) < 4.78 is 4.71. The van der Waals surface area contributed by atoms with Crippen molar-refractivity contribution in [3.63, 3.8) is 0 Å². The second-order valence-corrected chi connectivity index (χ2v) is 5.90. The summed E-state index contributed by atoms with van der Waals surface area (Å²) in [4.78, 5) is 29.4. The van der Waals surface area contributed by atoms with Crippen LogP contribution < -0.4 is 10.6 Å². The number of benzene rings is 1. The Morgan fingerprint density at radius 3 is 2.31 bits per heavy atom. The number of halogens is 1. The third kappa shape index (κ3) is 8.03. The number of nitrogens with zero attached hydrogens (tertiary/aromatic N) is 2. The molecule has 0 saturated carbocycles. The standard InChI is InChI=1S/C18H28N4O3.HI/c1-6-19-18(20-11-13(2)17(24)25-5)21-12-14-7-9-15(10-8-14)16(23)22(3)4;/h7-10,13H,6,11-12H2,1-5H3,(H2,19,20,21);1H. The van der Waals surface area contributed by atoms with E-state index in [4.69, 9.17) is 4.74 Å². The number of rotatable bonds is 7. The second-order valence-electron chi connectivity index (χ2n) is 5.90. The van der Waals surface area contributed by atoms with Crippen LogP contribution in [0.3, 0.4) is 0 Å². The lowest BCUT2D eigenvalue weighted by atomic mass is 10.1. The molecule has 0 aliphatic heterocycles. The second kappa shape index (κ2) is 12.5. The van der Waals surface area contributed by atoms with E-state index < -0.39 is 0 Å². The van der Waals surface area contributed by atoms with Gasteiger partial charge in [-0.05, 0) is 24.6 Å². The fourth-order valence-electron chi connectivity index (χ4n) is 2.06. The van der Waals surface area contributed by atoms with E-state index in [-0.39, 0.29) is 41.8 Å². The lowest BCUT2D eigenvalue weighted by Crippen LogP contribution is -2.40. The summed E-state index contributed by atoms with van der Waals surface area (Å²) in [5, 5.41) is 6.26. The first-order chi connectivity index (χ1) is 11.9. The highest BCUT2D eigenvalue weighted by Crippen LogP contribution is 2.07. The maximum absolute atomic E-state index is 11.9. The Morgan fingerprint density at radius 2 is 1.81 bits per heavy atom. The molecule has 1 unspecified atom stereocenters. The van der Waals surface area contributed by atoms with Crippen molar-refractivity contribution in [3.05, 3.63) is 35.4 Å². The molecule has 146 valence electrons. The minimum absolute atomic E-state index is 0. The molecule has 1 aromatic carbocycles. The van der Waals surface area contributed by atoms with Crippen LogP contribution in [0.2, 0.25) is 0 Å². The Morgan fingerprint density at radius 1 is 1.19 bits per heavy atom. The first kappa shape index (κ1) is 24.2. The van der Waals surface area contributed by atoms with E-state index >= 15 is 0 Å². The van der Waals surface area contributed by atoms with Gasteiger partial charge in [0, 0.05) is 32.7 Å². The average Bonchev–Trinajstić information content (AvgIpc) is 2.62. The maximum atomic E-state index is 11.9. The predicted molar refractivity (Wildman–Crippen MR) is 114 cm³/mol. The number of carbonyl (C=O) groups excluding carboxylic acids is 2. The third-order valence-electron chi connectivity index (χ3n) is 3.55. The van der Waals surface area contributed by atoms with Crippen LogP contribution in [0.15, 0.2) is 29.3 Å². The number of ether oxygens (including phenoxy) is 1. The minimum atomic E-state index is -0.260. The van der Waals surface area contributed by atoms with E-state index in [1.54, 1.807) is 38.1 Å². The van der Waals surface area contributed by atoms with Crippen molar-refractivity contribution >= 4 is 41.8 Å². The molecule has 0 radical (unpaired) electrons. The van der Waals surface area contributed by atoms with Gasteiger partial charge in [0.2, 0.25) is 0 Å². The lowest BCUT2D eigenvalue weighted by molar-refractivity contribution is -0.144. The zero-order chi connectivity index (χ0) is 18.8. The smallest absolute Gasteiger partial charge is 0.310 e. The maximum Gasteiger partial charge on any atom is 0.310 e. The first-order valence-electron chi connectivity index (χ1n) is 8.29. The van der Waals surface area contributed by atoms with E-state index in [1.807, 2.05) is 19.1 Å². The SMILES string of the molecule is CCNC(=NCc1ccc(C(=O)N(C)C)cc1)NCC(C)C(=O)OC.I. The molecule has 0 aromatic heterocycles. The number of guanidine groups is 1. The van der Waals surface area contributed by atoms with Gasteiger partial charge in [-0.2, -0.15) is 0 Å². The molecular weight excluding hydrogens is 447 g/mol. The van der Waals surface area contributed by atoms with Crippen LogP contribution in [0.4, 0.5) is 0 Å². The molecule has 0 bridgehead atoms.